The van der Waals surface area contributed by atoms with E-state index in [0.29, 0.717) is 32.3 Å². The average molecular weight is 593 g/mol. The number of carbonyl (C=O) groups is 3. The lowest BCUT2D eigenvalue weighted by molar-refractivity contribution is -0.152. The molecule has 0 aromatic heterocycles. The van der Waals surface area contributed by atoms with Gasteiger partial charge in [-0.1, -0.05) is 62.6 Å². The largest absolute Gasteiger partial charge is 0.462 e. The van der Waals surface area contributed by atoms with Crippen LogP contribution in [0.25, 0.3) is 0 Å². The van der Waals surface area contributed by atoms with Gasteiger partial charge in [0, 0.05) is 44.6 Å². The molecule has 1 aliphatic rings. The maximum atomic E-state index is 12.5. The Morgan fingerprint density at radius 3 is 2.46 bits per heavy atom. The number of ether oxygens (including phenoxy) is 3. The third kappa shape index (κ3) is 14.5. The van der Waals surface area contributed by atoms with Gasteiger partial charge in [-0.2, -0.15) is 11.8 Å². The fraction of sp³-hybridized carbons (Fsp3) is 0.656. The van der Waals surface area contributed by atoms with Gasteiger partial charge in [0.25, 0.3) is 0 Å². The van der Waals surface area contributed by atoms with E-state index in [1.165, 1.54) is 0 Å². The number of Topliss-reactive ketones (excluding diaryl/α,β-unsaturated/α-hetero) is 1. The number of aliphatic hydroxyl groups is 2. The molecule has 0 amide bonds. The molecule has 41 heavy (non-hydrogen) atoms. The summed E-state index contributed by atoms with van der Waals surface area (Å²) in [6, 6.07) is 7.87. The summed E-state index contributed by atoms with van der Waals surface area (Å²) in [5.74, 6) is 0.411. The molecule has 2 N–H and O–H groups in total. The predicted molar refractivity (Wildman–Crippen MR) is 160 cm³/mol. The number of esters is 2. The lowest BCUT2D eigenvalue weighted by Crippen LogP contribution is -2.20. The van der Waals surface area contributed by atoms with Gasteiger partial charge in [0.15, 0.2) is 0 Å². The third-order valence-corrected chi connectivity index (χ3v) is 8.22. The molecule has 1 aliphatic carbocycles. The highest BCUT2D eigenvalue weighted by atomic mass is 32.2. The molecule has 0 bridgehead atoms. The summed E-state index contributed by atoms with van der Waals surface area (Å²) in [5, 5.41) is 21.0. The first kappa shape index (κ1) is 35.0. The Balaban J connectivity index is 1.61. The molecule has 0 heterocycles. The second-order valence-corrected chi connectivity index (χ2v) is 11.8. The minimum absolute atomic E-state index is 0.0553. The Labute approximate surface area is 249 Å². The normalized spacial score (nSPS) is 19.5. The van der Waals surface area contributed by atoms with Crippen molar-refractivity contribution in [2.45, 2.75) is 89.9 Å². The van der Waals surface area contributed by atoms with E-state index < -0.39 is 12.2 Å². The lowest BCUT2D eigenvalue weighted by Gasteiger charge is -2.18. The van der Waals surface area contributed by atoms with Gasteiger partial charge in [-0.05, 0) is 41.9 Å². The summed E-state index contributed by atoms with van der Waals surface area (Å²) in [7, 11) is 1.64. The molecule has 9 heteroatoms. The minimum Gasteiger partial charge on any atom is -0.462 e. The Morgan fingerprint density at radius 2 is 1.76 bits per heavy atom. The van der Waals surface area contributed by atoms with E-state index in [-0.39, 0.29) is 55.6 Å². The number of hydrogen-bond donors (Lipinski definition) is 2. The van der Waals surface area contributed by atoms with Gasteiger partial charge in [0.1, 0.15) is 19.0 Å². The van der Waals surface area contributed by atoms with E-state index in [0.717, 1.165) is 48.3 Å². The molecule has 1 aromatic carbocycles. The van der Waals surface area contributed by atoms with Crippen LogP contribution in [0.1, 0.15) is 75.8 Å². The summed E-state index contributed by atoms with van der Waals surface area (Å²) in [6.07, 6.45) is 8.68. The zero-order valence-electron chi connectivity index (χ0n) is 24.6. The van der Waals surface area contributed by atoms with Crippen LogP contribution < -0.4 is 0 Å². The first-order valence-corrected chi connectivity index (χ1v) is 16.0. The summed E-state index contributed by atoms with van der Waals surface area (Å²) in [6.45, 7) is 2.79. The van der Waals surface area contributed by atoms with Crippen LogP contribution in [0.3, 0.4) is 0 Å². The molecule has 1 fully saturated rings. The topological polar surface area (TPSA) is 119 Å². The van der Waals surface area contributed by atoms with Crippen LogP contribution in [-0.4, -0.2) is 72.0 Å². The van der Waals surface area contributed by atoms with Gasteiger partial charge in [-0.3, -0.25) is 14.4 Å². The molecule has 0 spiro atoms. The van der Waals surface area contributed by atoms with Gasteiger partial charge in [0.05, 0.1) is 18.8 Å². The Bertz CT molecular complexity index is 949. The quantitative estimate of drug-likeness (QED) is 0.118. The van der Waals surface area contributed by atoms with E-state index in [2.05, 4.69) is 6.92 Å². The minimum atomic E-state index is -0.735. The highest BCUT2D eigenvalue weighted by Crippen LogP contribution is 2.34. The van der Waals surface area contributed by atoms with Gasteiger partial charge in [-0.25, -0.2) is 0 Å². The van der Waals surface area contributed by atoms with E-state index >= 15 is 0 Å². The van der Waals surface area contributed by atoms with E-state index in [9.17, 15) is 24.6 Å². The van der Waals surface area contributed by atoms with Crippen LogP contribution in [0.2, 0.25) is 0 Å². The molecule has 0 unspecified atom stereocenters. The van der Waals surface area contributed by atoms with Crippen molar-refractivity contribution in [1.82, 2.24) is 0 Å². The van der Waals surface area contributed by atoms with Crippen LogP contribution in [0.15, 0.2) is 36.4 Å². The number of hydrogen-bond acceptors (Lipinski definition) is 9. The summed E-state index contributed by atoms with van der Waals surface area (Å²) in [4.78, 5) is 36.0. The van der Waals surface area contributed by atoms with Crippen molar-refractivity contribution < 1.29 is 38.8 Å². The van der Waals surface area contributed by atoms with Gasteiger partial charge >= 0.3 is 11.9 Å². The first-order valence-electron chi connectivity index (χ1n) is 14.9. The Morgan fingerprint density at radius 1 is 1.05 bits per heavy atom. The first-order chi connectivity index (χ1) is 19.8. The molecule has 0 radical (unpaired) electrons. The molecule has 4 atom stereocenters. The molecule has 230 valence electrons. The zero-order chi connectivity index (χ0) is 29.9. The summed E-state index contributed by atoms with van der Waals surface area (Å²) < 4.78 is 15.4. The fourth-order valence-electron chi connectivity index (χ4n) is 4.95. The van der Waals surface area contributed by atoms with Crippen LogP contribution in [0.4, 0.5) is 0 Å². The highest BCUT2D eigenvalue weighted by Gasteiger charge is 2.39. The highest BCUT2D eigenvalue weighted by molar-refractivity contribution is 7.99. The summed E-state index contributed by atoms with van der Waals surface area (Å²) >= 11 is 1.67. The number of methoxy groups -OCH3 is 1. The van der Waals surface area contributed by atoms with E-state index in [1.54, 1.807) is 31.0 Å². The Kier molecular flexibility index (Phi) is 17.6. The number of aliphatic hydroxyl groups excluding tert-OH is 2. The second-order valence-electron chi connectivity index (χ2n) is 10.6. The third-order valence-electron chi connectivity index (χ3n) is 7.12. The monoisotopic (exact) mass is 592 g/mol. The zero-order valence-corrected chi connectivity index (χ0v) is 25.4. The van der Waals surface area contributed by atoms with Crippen molar-refractivity contribution in [3.8, 4) is 0 Å². The number of benzene rings is 1. The predicted octanol–water partition coefficient (Wildman–Crippen LogP) is 4.82. The summed E-state index contributed by atoms with van der Waals surface area (Å²) in [5.41, 5.74) is 2.03. The Hall–Kier alpha value is -2.20. The molecule has 8 nitrogen and oxygen atoms in total. The van der Waals surface area contributed by atoms with Gasteiger partial charge < -0.3 is 24.4 Å². The standard InChI is InChI=1S/C32H48O8S/c1-3-4-5-6-11-31(36)39-16-17-40-32(37)12-8-18-41-19-15-28-27(29(34)22-30(28)35)14-13-26(33)21-24-9-7-10-25(20-24)23-38-2/h7,9-10,13-14,20,26-29,33-34H,3-6,8,11-12,15-19,21-23H2,1-2H3/t26-,27-,28-,29-/m1/s1. The molecular formula is C32H48O8S. The van der Waals surface area contributed by atoms with Crippen molar-refractivity contribution >= 4 is 29.5 Å². The lowest BCUT2D eigenvalue weighted by atomic mass is 9.91. The van der Waals surface area contributed by atoms with Crippen molar-refractivity contribution in [3.63, 3.8) is 0 Å². The molecule has 2 rings (SSSR count). The number of unbranched alkanes of at least 4 members (excludes halogenated alkanes) is 3. The van der Waals surface area contributed by atoms with Crippen LogP contribution in [0.5, 0.6) is 0 Å². The smallest absolute Gasteiger partial charge is 0.305 e. The van der Waals surface area contributed by atoms with Crippen LogP contribution >= 0.6 is 11.8 Å². The van der Waals surface area contributed by atoms with Crippen LogP contribution in [-0.2, 0) is 41.6 Å². The van der Waals surface area contributed by atoms with Crippen molar-refractivity contribution in [2.24, 2.45) is 11.8 Å². The maximum absolute atomic E-state index is 12.5. The number of carbonyl (C=O) groups excluding carboxylic acids is 3. The molecule has 0 aliphatic heterocycles. The molecule has 1 aromatic rings. The van der Waals surface area contributed by atoms with Crippen molar-refractivity contribution in [1.29, 1.82) is 0 Å². The van der Waals surface area contributed by atoms with Crippen molar-refractivity contribution in [2.75, 3.05) is 31.8 Å². The SMILES string of the molecule is CCCCCCC(=O)OCCOC(=O)CCCSCC[C@H]1C(=O)C[C@@H](O)[C@@H]1C=C[C@@H](O)Cc1cccc(COC)c1. The number of rotatable bonds is 21. The van der Waals surface area contributed by atoms with Crippen LogP contribution in [0, 0.1) is 11.8 Å². The maximum Gasteiger partial charge on any atom is 0.305 e. The second kappa shape index (κ2) is 20.6. The number of ketones is 1. The number of thioether (sulfide) groups is 1. The average Bonchev–Trinajstić information content (AvgIpc) is 3.21. The van der Waals surface area contributed by atoms with Crippen molar-refractivity contribution in [3.05, 3.63) is 47.5 Å². The molecule has 0 saturated heterocycles. The molecule has 1 saturated carbocycles. The van der Waals surface area contributed by atoms with Gasteiger partial charge in [-0.15, -0.1) is 0 Å². The van der Waals surface area contributed by atoms with E-state index in [1.807, 2.05) is 24.3 Å². The fourth-order valence-corrected chi connectivity index (χ4v) is 5.93. The van der Waals surface area contributed by atoms with E-state index in [4.69, 9.17) is 14.2 Å². The van der Waals surface area contributed by atoms with Gasteiger partial charge in [0.2, 0.25) is 0 Å². The molecular weight excluding hydrogens is 544 g/mol.